The van der Waals surface area contributed by atoms with Crippen molar-refractivity contribution in [2.24, 2.45) is 5.92 Å². The van der Waals surface area contributed by atoms with Gasteiger partial charge in [-0.2, -0.15) is 0 Å². The Morgan fingerprint density at radius 3 is 2.68 bits per heavy atom. The summed E-state index contributed by atoms with van der Waals surface area (Å²) in [5, 5.41) is 14.5. The van der Waals surface area contributed by atoms with Crippen LogP contribution in [0.25, 0.3) is 0 Å². The average molecular weight is 265 g/mol. The Bertz CT molecular complexity index is 420. The molecule has 6 nitrogen and oxygen atoms in total. The van der Waals surface area contributed by atoms with Crippen molar-refractivity contribution < 1.29 is 14.7 Å². The zero-order valence-corrected chi connectivity index (χ0v) is 11.1. The Morgan fingerprint density at radius 1 is 1.42 bits per heavy atom. The molecule has 0 aliphatic carbocycles. The lowest BCUT2D eigenvalue weighted by molar-refractivity contribution is -0.141. The fraction of sp³-hybridized carbons (Fsp3) is 0.462. The summed E-state index contributed by atoms with van der Waals surface area (Å²) in [6.07, 6.45) is 2.99. The predicted molar refractivity (Wildman–Crippen MR) is 71.7 cm³/mol. The molecule has 1 amide bonds. The van der Waals surface area contributed by atoms with Gasteiger partial charge in [0, 0.05) is 6.20 Å². The number of rotatable bonds is 7. The first kappa shape index (κ1) is 15.1. The lowest BCUT2D eigenvalue weighted by atomic mass is 10.1. The van der Waals surface area contributed by atoms with Gasteiger partial charge in [0.2, 0.25) is 5.91 Å². The zero-order valence-electron chi connectivity index (χ0n) is 11.1. The molecule has 1 atom stereocenters. The summed E-state index contributed by atoms with van der Waals surface area (Å²) in [7, 11) is 0. The molecule has 0 saturated carbocycles. The van der Waals surface area contributed by atoms with Gasteiger partial charge in [-0.3, -0.25) is 14.6 Å². The number of carbonyl (C=O) groups excluding carboxylic acids is 1. The molecule has 19 heavy (non-hydrogen) atoms. The van der Waals surface area contributed by atoms with Crippen molar-refractivity contribution in [1.82, 2.24) is 10.3 Å². The molecular formula is C13H19N3O3. The number of carbonyl (C=O) groups is 2. The van der Waals surface area contributed by atoms with Crippen molar-refractivity contribution >= 4 is 17.6 Å². The highest BCUT2D eigenvalue weighted by atomic mass is 16.4. The van der Waals surface area contributed by atoms with Gasteiger partial charge in [0.1, 0.15) is 6.04 Å². The van der Waals surface area contributed by atoms with E-state index in [1.165, 1.54) is 6.20 Å². The van der Waals surface area contributed by atoms with Crippen LogP contribution < -0.4 is 10.6 Å². The van der Waals surface area contributed by atoms with Crippen LogP contribution >= 0.6 is 0 Å². The third kappa shape index (κ3) is 5.96. The van der Waals surface area contributed by atoms with Crippen LogP contribution in [-0.2, 0) is 9.59 Å². The quantitative estimate of drug-likeness (QED) is 0.687. The third-order valence-corrected chi connectivity index (χ3v) is 2.41. The number of pyridine rings is 1. The van der Waals surface area contributed by atoms with E-state index in [2.05, 4.69) is 15.6 Å². The molecule has 0 aliphatic heterocycles. The second-order valence-electron chi connectivity index (χ2n) is 4.69. The van der Waals surface area contributed by atoms with E-state index in [9.17, 15) is 9.59 Å². The second kappa shape index (κ2) is 7.48. The minimum atomic E-state index is -1.03. The van der Waals surface area contributed by atoms with Gasteiger partial charge in [0.25, 0.3) is 0 Å². The van der Waals surface area contributed by atoms with Gasteiger partial charge in [-0.15, -0.1) is 0 Å². The van der Waals surface area contributed by atoms with Crippen LogP contribution in [0.5, 0.6) is 0 Å². The minimum Gasteiger partial charge on any atom is -0.480 e. The Balaban J connectivity index is 2.49. The highest BCUT2D eigenvalue weighted by Crippen LogP contribution is 2.05. The van der Waals surface area contributed by atoms with Crippen molar-refractivity contribution in [1.29, 1.82) is 0 Å². The number of aromatic nitrogens is 1. The van der Waals surface area contributed by atoms with Crippen molar-refractivity contribution in [3.8, 4) is 0 Å². The van der Waals surface area contributed by atoms with Crippen LogP contribution in [0.1, 0.15) is 20.3 Å². The first-order valence-corrected chi connectivity index (χ1v) is 6.15. The number of hydrogen-bond acceptors (Lipinski definition) is 4. The number of anilines is 1. The van der Waals surface area contributed by atoms with Crippen LogP contribution in [0.15, 0.2) is 24.5 Å². The summed E-state index contributed by atoms with van der Waals surface area (Å²) >= 11 is 0. The topological polar surface area (TPSA) is 91.3 Å². The fourth-order valence-electron chi connectivity index (χ4n) is 1.46. The molecular weight excluding hydrogens is 246 g/mol. The van der Waals surface area contributed by atoms with Gasteiger partial charge >= 0.3 is 5.97 Å². The molecule has 0 aromatic carbocycles. The molecule has 1 heterocycles. The number of nitrogens with one attached hydrogen (secondary N) is 2. The van der Waals surface area contributed by atoms with Gasteiger partial charge in [0.15, 0.2) is 0 Å². The Morgan fingerprint density at radius 2 is 2.16 bits per heavy atom. The van der Waals surface area contributed by atoms with Gasteiger partial charge < -0.3 is 15.7 Å². The average Bonchev–Trinajstić information content (AvgIpc) is 2.35. The van der Waals surface area contributed by atoms with Crippen LogP contribution in [0.4, 0.5) is 5.69 Å². The lowest BCUT2D eigenvalue weighted by Crippen LogP contribution is -2.41. The van der Waals surface area contributed by atoms with Crippen LogP contribution in [0.2, 0.25) is 0 Å². The maximum absolute atomic E-state index is 11.7. The molecule has 1 aromatic heterocycles. The molecule has 0 spiro atoms. The van der Waals surface area contributed by atoms with Gasteiger partial charge in [-0.1, -0.05) is 13.8 Å². The summed E-state index contributed by atoms with van der Waals surface area (Å²) < 4.78 is 0. The highest BCUT2D eigenvalue weighted by molar-refractivity contribution is 5.93. The molecule has 0 saturated heterocycles. The largest absolute Gasteiger partial charge is 0.480 e. The smallest absolute Gasteiger partial charge is 0.321 e. The SMILES string of the molecule is CC(C)CNC(CC(=O)Nc1cccnc1)C(=O)O. The Hall–Kier alpha value is -1.95. The standard InChI is InChI=1S/C13H19N3O3/c1-9(2)7-15-11(13(18)19)6-12(17)16-10-4-3-5-14-8-10/h3-5,8-9,11,15H,6-7H2,1-2H3,(H,16,17)(H,18,19). The van der Waals surface area contributed by atoms with E-state index in [0.29, 0.717) is 18.2 Å². The molecule has 1 unspecified atom stereocenters. The van der Waals surface area contributed by atoms with Crippen molar-refractivity contribution in [2.75, 3.05) is 11.9 Å². The van der Waals surface area contributed by atoms with Crippen molar-refractivity contribution in [3.63, 3.8) is 0 Å². The number of carboxylic acid groups (broad SMARTS) is 1. The monoisotopic (exact) mass is 265 g/mol. The van der Waals surface area contributed by atoms with E-state index in [1.54, 1.807) is 18.3 Å². The van der Waals surface area contributed by atoms with Crippen LogP contribution in [0, 0.1) is 5.92 Å². The fourth-order valence-corrected chi connectivity index (χ4v) is 1.46. The Kier molecular flexibility index (Phi) is 5.95. The predicted octanol–water partition coefficient (Wildman–Crippen LogP) is 1.11. The molecule has 0 radical (unpaired) electrons. The maximum atomic E-state index is 11.7. The van der Waals surface area contributed by atoms with Crippen LogP contribution in [0.3, 0.4) is 0 Å². The number of aliphatic carboxylic acids is 1. The van der Waals surface area contributed by atoms with E-state index in [1.807, 2.05) is 13.8 Å². The van der Waals surface area contributed by atoms with Gasteiger partial charge in [-0.05, 0) is 24.6 Å². The third-order valence-electron chi connectivity index (χ3n) is 2.41. The zero-order chi connectivity index (χ0) is 14.3. The van der Waals surface area contributed by atoms with E-state index >= 15 is 0 Å². The summed E-state index contributed by atoms with van der Waals surface area (Å²) in [5.41, 5.74) is 0.556. The van der Waals surface area contributed by atoms with E-state index < -0.39 is 12.0 Å². The van der Waals surface area contributed by atoms with Gasteiger partial charge in [-0.25, -0.2) is 0 Å². The normalized spacial score (nSPS) is 12.2. The summed E-state index contributed by atoms with van der Waals surface area (Å²) in [6, 6.07) is 2.52. The molecule has 0 bridgehead atoms. The molecule has 3 N–H and O–H groups in total. The van der Waals surface area contributed by atoms with Crippen LogP contribution in [-0.4, -0.2) is 34.6 Å². The molecule has 1 aromatic rings. The maximum Gasteiger partial charge on any atom is 0.321 e. The minimum absolute atomic E-state index is 0.114. The highest BCUT2D eigenvalue weighted by Gasteiger charge is 2.20. The number of carboxylic acids is 1. The molecule has 0 aliphatic rings. The number of nitrogens with zero attached hydrogens (tertiary/aromatic N) is 1. The van der Waals surface area contributed by atoms with Gasteiger partial charge in [0.05, 0.1) is 18.3 Å². The summed E-state index contributed by atoms with van der Waals surface area (Å²) in [4.78, 5) is 26.6. The molecule has 6 heteroatoms. The van der Waals surface area contributed by atoms with E-state index in [0.717, 1.165) is 0 Å². The van der Waals surface area contributed by atoms with Crippen molar-refractivity contribution in [2.45, 2.75) is 26.3 Å². The molecule has 0 fully saturated rings. The Labute approximate surface area is 112 Å². The molecule has 1 rings (SSSR count). The van der Waals surface area contributed by atoms with Crippen molar-refractivity contribution in [3.05, 3.63) is 24.5 Å². The summed E-state index contributed by atoms with van der Waals surface area (Å²) in [6.45, 7) is 4.50. The molecule has 104 valence electrons. The summed E-state index contributed by atoms with van der Waals surface area (Å²) in [5.74, 6) is -1.05. The number of amides is 1. The first-order chi connectivity index (χ1) is 8.99. The second-order valence-corrected chi connectivity index (χ2v) is 4.69. The number of hydrogen-bond donors (Lipinski definition) is 3. The van der Waals surface area contributed by atoms with E-state index in [-0.39, 0.29) is 12.3 Å². The lowest BCUT2D eigenvalue weighted by Gasteiger charge is -2.15. The first-order valence-electron chi connectivity index (χ1n) is 6.15. The van der Waals surface area contributed by atoms with E-state index in [4.69, 9.17) is 5.11 Å².